The predicted molar refractivity (Wildman–Crippen MR) is 118 cm³/mol. The van der Waals surface area contributed by atoms with Crippen molar-refractivity contribution in [3.63, 3.8) is 0 Å². The summed E-state index contributed by atoms with van der Waals surface area (Å²) < 4.78 is 18.9. The fourth-order valence-corrected chi connectivity index (χ4v) is 4.16. The van der Waals surface area contributed by atoms with Gasteiger partial charge in [0.15, 0.2) is 5.16 Å². The number of amides is 2. The third kappa shape index (κ3) is 4.65. The molecule has 2 aromatic carbocycles. The summed E-state index contributed by atoms with van der Waals surface area (Å²) in [6, 6.07) is 13.0. The first-order valence-electron chi connectivity index (χ1n) is 9.70. The predicted octanol–water partition coefficient (Wildman–Crippen LogP) is 3.27. The SMILES string of the molecule is COc1ccc(NC(=O)[C@H]2CC(=O)Nc3nc(SCc4ccccc4F)[nH]c(=O)c32)cc1. The molecule has 0 fully saturated rings. The lowest BCUT2D eigenvalue weighted by Gasteiger charge is -2.23. The van der Waals surface area contributed by atoms with Gasteiger partial charge in [-0.3, -0.25) is 14.4 Å². The molecule has 0 unspecified atom stereocenters. The number of H-pyrrole nitrogens is 1. The smallest absolute Gasteiger partial charge is 0.257 e. The first kappa shape index (κ1) is 21.6. The van der Waals surface area contributed by atoms with Crippen LogP contribution in [0.4, 0.5) is 15.9 Å². The second-order valence-corrected chi connectivity index (χ2v) is 8.00. The average molecular weight is 454 g/mol. The molecule has 8 nitrogen and oxygen atoms in total. The number of aromatic amines is 1. The van der Waals surface area contributed by atoms with Gasteiger partial charge in [-0.25, -0.2) is 9.37 Å². The van der Waals surface area contributed by atoms with Crippen molar-refractivity contribution in [2.75, 3.05) is 17.7 Å². The largest absolute Gasteiger partial charge is 0.497 e. The quantitative estimate of drug-likeness (QED) is 0.389. The Morgan fingerprint density at radius 1 is 1.22 bits per heavy atom. The van der Waals surface area contributed by atoms with Crippen LogP contribution in [0.5, 0.6) is 5.75 Å². The lowest BCUT2D eigenvalue weighted by atomic mass is 9.92. The number of anilines is 2. The number of nitrogens with one attached hydrogen (secondary N) is 3. The molecule has 4 rings (SSSR count). The molecule has 10 heteroatoms. The summed E-state index contributed by atoms with van der Waals surface area (Å²) in [6.45, 7) is 0. The highest BCUT2D eigenvalue weighted by atomic mass is 32.2. The van der Waals surface area contributed by atoms with Gasteiger partial charge in [0.25, 0.3) is 5.56 Å². The van der Waals surface area contributed by atoms with E-state index in [1.807, 2.05) is 0 Å². The van der Waals surface area contributed by atoms with Crippen LogP contribution in [-0.4, -0.2) is 28.9 Å². The normalized spacial score (nSPS) is 14.9. The summed E-state index contributed by atoms with van der Waals surface area (Å²) in [5, 5.41) is 5.49. The van der Waals surface area contributed by atoms with Crippen LogP contribution in [0.15, 0.2) is 58.5 Å². The van der Waals surface area contributed by atoms with E-state index in [0.717, 1.165) is 11.8 Å². The molecule has 3 N–H and O–H groups in total. The van der Waals surface area contributed by atoms with Crippen molar-refractivity contribution in [3.8, 4) is 5.75 Å². The van der Waals surface area contributed by atoms with E-state index < -0.39 is 23.3 Å². The van der Waals surface area contributed by atoms with Crippen LogP contribution in [0, 0.1) is 5.82 Å². The maximum Gasteiger partial charge on any atom is 0.257 e. The van der Waals surface area contributed by atoms with Gasteiger partial charge in [-0.05, 0) is 35.9 Å². The van der Waals surface area contributed by atoms with E-state index in [4.69, 9.17) is 4.74 Å². The Balaban J connectivity index is 1.56. The van der Waals surface area contributed by atoms with E-state index >= 15 is 0 Å². The van der Waals surface area contributed by atoms with E-state index in [9.17, 15) is 18.8 Å². The molecule has 0 radical (unpaired) electrons. The molecule has 2 heterocycles. The van der Waals surface area contributed by atoms with Crippen molar-refractivity contribution in [1.82, 2.24) is 9.97 Å². The van der Waals surface area contributed by atoms with Gasteiger partial charge in [0.2, 0.25) is 11.8 Å². The number of rotatable bonds is 6. The van der Waals surface area contributed by atoms with Crippen molar-refractivity contribution in [2.45, 2.75) is 23.2 Å². The van der Waals surface area contributed by atoms with E-state index in [-0.39, 0.29) is 34.5 Å². The molecule has 0 saturated heterocycles. The van der Waals surface area contributed by atoms with E-state index in [0.29, 0.717) is 17.0 Å². The number of halogens is 1. The molecule has 0 spiro atoms. The summed E-state index contributed by atoms with van der Waals surface area (Å²) in [6.07, 6.45) is -0.179. The van der Waals surface area contributed by atoms with Crippen LogP contribution < -0.4 is 20.9 Å². The first-order chi connectivity index (χ1) is 15.4. The number of nitrogens with zero attached hydrogens (tertiary/aromatic N) is 1. The van der Waals surface area contributed by atoms with E-state index in [1.54, 1.807) is 42.5 Å². The maximum atomic E-state index is 13.8. The molecule has 3 aromatic rings. The van der Waals surface area contributed by atoms with Crippen molar-refractivity contribution in [1.29, 1.82) is 0 Å². The van der Waals surface area contributed by atoms with Crippen LogP contribution in [0.2, 0.25) is 0 Å². The van der Waals surface area contributed by atoms with Crippen LogP contribution in [0.1, 0.15) is 23.5 Å². The fraction of sp³-hybridized carbons (Fsp3) is 0.182. The number of methoxy groups -OCH3 is 1. The van der Waals surface area contributed by atoms with E-state index in [1.165, 1.54) is 13.2 Å². The van der Waals surface area contributed by atoms with Crippen LogP contribution in [0.25, 0.3) is 0 Å². The van der Waals surface area contributed by atoms with Gasteiger partial charge < -0.3 is 20.4 Å². The Morgan fingerprint density at radius 3 is 2.69 bits per heavy atom. The minimum Gasteiger partial charge on any atom is -0.497 e. The number of hydrogen-bond donors (Lipinski definition) is 3. The lowest BCUT2D eigenvalue weighted by molar-refractivity contribution is -0.123. The molecule has 1 atom stereocenters. The van der Waals surface area contributed by atoms with Gasteiger partial charge in [-0.1, -0.05) is 30.0 Å². The van der Waals surface area contributed by atoms with Crippen LogP contribution >= 0.6 is 11.8 Å². The summed E-state index contributed by atoms with van der Waals surface area (Å²) >= 11 is 1.12. The standard InChI is InChI=1S/C22H19FN4O4S/c1-31-14-8-6-13(7-9-14)24-20(29)15-10-17(28)25-19-18(15)21(30)27-22(26-19)32-11-12-4-2-3-5-16(12)23/h2-9,15H,10-11H2,1H3,(H,24,29)(H2,25,26,27,28,30)/t15-/m0/s1. The van der Waals surface area contributed by atoms with Gasteiger partial charge in [0.1, 0.15) is 17.4 Å². The molecule has 0 bridgehead atoms. The second kappa shape index (κ2) is 9.23. The maximum absolute atomic E-state index is 13.8. The molecule has 1 aromatic heterocycles. The fourth-order valence-electron chi connectivity index (χ4n) is 3.31. The number of aromatic nitrogens is 2. The molecule has 2 amide bonds. The summed E-state index contributed by atoms with van der Waals surface area (Å²) in [5.74, 6) is -1.36. The zero-order valence-corrected chi connectivity index (χ0v) is 17.8. The minimum absolute atomic E-state index is 0.0379. The highest BCUT2D eigenvalue weighted by molar-refractivity contribution is 7.98. The van der Waals surface area contributed by atoms with Gasteiger partial charge in [-0.15, -0.1) is 0 Å². The number of carbonyl (C=O) groups is 2. The van der Waals surface area contributed by atoms with E-state index in [2.05, 4.69) is 20.6 Å². The Bertz CT molecular complexity index is 1230. The van der Waals surface area contributed by atoms with Crippen molar-refractivity contribution < 1.29 is 18.7 Å². The molecule has 1 aliphatic heterocycles. The Morgan fingerprint density at radius 2 is 1.97 bits per heavy atom. The summed E-state index contributed by atoms with van der Waals surface area (Å²) in [5.41, 5.74) is 0.523. The Kier molecular flexibility index (Phi) is 6.22. The number of fused-ring (bicyclic) bond motifs is 1. The highest BCUT2D eigenvalue weighted by Crippen LogP contribution is 2.31. The number of carbonyl (C=O) groups excluding carboxylic acids is 2. The van der Waals surface area contributed by atoms with Crippen molar-refractivity contribution >= 4 is 35.1 Å². The highest BCUT2D eigenvalue weighted by Gasteiger charge is 2.34. The monoisotopic (exact) mass is 454 g/mol. The van der Waals surface area contributed by atoms with Crippen LogP contribution in [-0.2, 0) is 15.3 Å². The Labute approximate surface area is 186 Å². The summed E-state index contributed by atoms with van der Waals surface area (Å²) in [7, 11) is 1.54. The third-order valence-corrected chi connectivity index (χ3v) is 5.85. The van der Waals surface area contributed by atoms with Crippen molar-refractivity contribution in [2.24, 2.45) is 0 Å². The molecular weight excluding hydrogens is 435 g/mol. The first-order valence-corrected chi connectivity index (χ1v) is 10.7. The topological polar surface area (TPSA) is 113 Å². The molecule has 1 aliphatic rings. The minimum atomic E-state index is -0.997. The summed E-state index contributed by atoms with van der Waals surface area (Å²) in [4.78, 5) is 44.8. The second-order valence-electron chi connectivity index (χ2n) is 7.04. The number of hydrogen-bond acceptors (Lipinski definition) is 6. The lowest BCUT2D eigenvalue weighted by Crippen LogP contribution is -2.36. The molecular formula is C22H19FN4O4S. The number of thioether (sulfide) groups is 1. The third-order valence-electron chi connectivity index (χ3n) is 4.93. The molecule has 0 saturated carbocycles. The Hall–Kier alpha value is -3.66. The average Bonchev–Trinajstić information content (AvgIpc) is 2.78. The van der Waals surface area contributed by atoms with Gasteiger partial charge in [0, 0.05) is 17.9 Å². The number of benzene rings is 2. The zero-order valence-electron chi connectivity index (χ0n) is 17.0. The molecule has 32 heavy (non-hydrogen) atoms. The molecule has 164 valence electrons. The zero-order chi connectivity index (χ0) is 22.7. The van der Waals surface area contributed by atoms with Gasteiger partial charge in [0.05, 0.1) is 18.6 Å². The van der Waals surface area contributed by atoms with Gasteiger partial charge >= 0.3 is 0 Å². The molecule has 0 aliphatic carbocycles. The number of ether oxygens (including phenoxy) is 1. The van der Waals surface area contributed by atoms with Crippen LogP contribution in [0.3, 0.4) is 0 Å². The van der Waals surface area contributed by atoms with Gasteiger partial charge in [-0.2, -0.15) is 0 Å². The van der Waals surface area contributed by atoms with Crippen molar-refractivity contribution in [3.05, 3.63) is 75.8 Å².